The van der Waals surface area contributed by atoms with Crippen LogP contribution in [0.1, 0.15) is 18.9 Å². The third kappa shape index (κ3) is 4.16. The zero-order valence-electron chi connectivity index (χ0n) is 13.3. The van der Waals surface area contributed by atoms with Gasteiger partial charge in [0.2, 0.25) is 5.91 Å². The van der Waals surface area contributed by atoms with Crippen molar-refractivity contribution in [3.05, 3.63) is 60.4 Å². The lowest BCUT2D eigenvalue weighted by atomic mass is 10.1. The standard InChI is InChI=1S/C18H20N2O3/c1-3-16(18(22)23-2)20(15-9-5-4-6-10-15)17(21)12-14-8-7-11-19-13-14/h4-11,13,16H,3,12H2,1-2H3. The number of methoxy groups -OCH3 is 1. The van der Waals surface area contributed by atoms with Gasteiger partial charge in [-0.3, -0.25) is 14.7 Å². The second kappa shape index (κ2) is 8.08. The van der Waals surface area contributed by atoms with Gasteiger partial charge in [0.1, 0.15) is 6.04 Å². The van der Waals surface area contributed by atoms with Gasteiger partial charge in [-0.1, -0.05) is 31.2 Å². The van der Waals surface area contributed by atoms with E-state index in [0.717, 1.165) is 5.56 Å². The molecule has 1 amide bonds. The number of ether oxygens (including phenoxy) is 1. The van der Waals surface area contributed by atoms with Crippen LogP contribution in [-0.4, -0.2) is 30.0 Å². The summed E-state index contributed by atoms with van der Waals surface area (Å²) in [5.74, 6) is -0.586. The normalized spacial score (nSPS) is 11.6. The molecule has 0 saturated carbocycles. The van der Waals surface area contributed by atoms with Crippen molar-refractivity contribution in [2.75, 3.05) is 12.0 Å². The lowest BCUT2D eigenvalue weighted by Crippen LogP contribution is -2.46. The van der Waals surface area contributed by atoms with Crippen LogP contribution in [0.3, 0.4) is 0 Å². The molecule has 0 bridgehead atoms. The molecule has 0 aliphatic rings. The van der Waals surface area contributed by atoms with Crippen molar-refractivity contribution in [3.8, 4) is 0 Å². The van der Waals surface area contributed by atoms with Gasteiger partial charge in [0.25, 0.3) is 0 Å². The van der Waals surface area contributed by atoms with Crippen LogP contribution in [0.15, 0.2) is 54.9 Å². The van der Waals surface area contributed by atoms with E-state index in [9.17, 15) is 9.59 Å². The molecule has 0 spiro atoms. The van der Waals surface area contributed by atoms with E-state index in [0.29, 0.717) is 12.1 Å². The maximum atomic E-state index is 12.8. The van der Waals surface area contributed by atoms with Crippen molar-refractivity contribution in [2.24, 2.45) is 0 Å². The number of esters is 1. The molecule has 0 saturated heterocycles. The van der Waals surface area contributed by atoms with Crippen molar-refractivity contribution in [2.45, 2.75) is 25.8 Å². The molecule has 0 radical (unpaired) electrons. The summed E-state index contributed by atoms with van der Waals surface area (Å²) in [5, 5.41) is 0. The number of hydrogen-bond acceptors (Lipinski definition) is 4. The predicted molar refractivity (Wildman–Crippen MR) is 88.0 cm³/mol. The molecule has 1 aromatic heterocycles. The van der Waals surface area contributed by atoms with E-state index < -0.39 is 12.0 Å². The average molecular weight is 312 g/mol. The fourth-order valence-electron chi connectivity index (χ4n) is 2.44. The van der Waals surface area contributed by atoms with Gasteiger partial charge in [0, 0.05) is 18.1 Å². The van der Waals surface area contributed by atoms with E-state index in [1.807, 2.05) is 43.3 Å². The summed E-state index contributed by atoms with van der Waals surface area (Å²) < 4.78 is 4.86. The first-order valence-electron chi connectivity index (χ1n) is 7.51. The molecule has 5 heteroatoms. The summed E-state index contributed by atoms with van der Waals surface area (Å²) in [4.78, 5) is 30.4. The Labute approximate surface area is 135 Å². The second-order valence-corrected chi connectivity index (χ2v) is 5.08. The van der Waals surface area contributed by atoms with E-state index in [1.165, 1.54) is 12.0 Å². The van der Waals surface area contributed by atoms with Gasteiger partial charge < -0.3 is 4.74 Å². The first kappa shape index (κ1) is 16.7. The Morgan fingerprint density at radius 1 is 1.17 bits per heavy atom. The predicted octanol–water partition coefficient (Wildman–Crippen LogP) is 2.61. The molecule has 0 fully saturated rings. The van der Waals surface area contributed by atoms with E-state index in [1.54, 1.807) is 18.5 Å². The van der Waals surface area contributed by atoms with Crippen LogP contribution in [0.5, 0.6) is 0 Å². The minimum Gasteiger partial charge on any atom is -0.467 e. The van der Waals surface area contributed by atoms with Crippen LogP contribution in [0.4, 0.5) is 5.69 Å². The smallest absolute Gasteiger partial charge is 0.328 e. The number of anilines is 1. The number of hydrogen-bond donors (Lipinski definition) is 0. The summed E-state index contributed by atoms with van der Waals surface area (Å²) in [6.07, 6.45) is 3.96. The van der Waals surface area contributed by atoms with Crippen LogP contribution in [0, 0.1) is 0 Å². The molecule has 1 heterocycles. The number of rotatable bonds is 6. The molecular formula is C18H20N2O3. The molecule has 2 rings (SSSR count). The van der Waals surface area contributed by atoms with Gasteiger partial charge in [-0.05, 0) is 30.2 Å². The zero-order valence-corrected chi connectivity index (χ0v) is 13.3. The summed E-state index contributed by atoms with van der Waals surface area (Å²) in [7, 11) is 1.33. The monoisotopic (exact) mass is 312 g/mol. The molecule has 0 aliphatic heterocycles. The molecule has 0 N–H and O–H groups in total. The van der Waals surface area contributed by atoms with Crippen molar-refractivity contribution in [1.82, 2.24) is 4.98 Å². The number of amides is 1. The fourth-order valence-corrected chi connectivity index (χ4v) is 2.44. The number of para-hydroxylation sites is 1. The van der Waals surface area contributed by atoms with Crippen molar-refractivity contribution < 1.29 is 14.3 Å². The van der Waals surface area contributed by atoms with E-state index >= 15 is 0 Å². The van der Waals surface area contributed by atoms with Gasteiger partial charge in [-0.25, -0.2) is 4.79 Å². The summed E-state index contributed by atoms with van der Waals surface area (Å²) in [6, 6.07) is 12.1. The topological polar surface area (TPSA) is 59.5 Å². The highest BCUT2D eigenvalue weighted by atomic mass is 16.5. The molecule has 2 aromatic rings. The molecular weight excluding hydrogens is 292 g/mol. The number of benzene rings is 1. The van der Waals surface area contributed by atoms with Crippen LogP contribution >= 0.6 is 0 Å². The SMILES string of the molecule is CCC(C(=O)OC)N(C(=O)Cc1cccnc1)c1ccccc1. The number of aromatic nitrogens is 1. The Balaban J connectivity index is 2.33. The lowest BCUT2D eigenvalue weighted by Gasteiger charge is -2.29. The van der Waals surface area contributed by atoms with Crippen molar-refractivity contribution in [3.63, 3.8) is 0 Å². The Bertz CT molecular complexity index is 644. The van der Waals surface area contributed by atoms with Crippen LogP contribution < -0.4 is 4.90 Å². The van der Waals surface area contributed by atoms with E-state index in [2.05, 4.69) is 4.98 Å². The van der Waals surface area contributed by atoms with E-state index in [-0.39, 0.29) is 12.3 Å². The van der Waals surface area contributed by atoms with Crippen molar-refractivity contribution >= 4 is 17.6 Å². The molecule has 0 aliphatic carbocycles. The average Bonchev–Trinajstić information content (AvgIpc) is 2.60. The van der Waals surface area contributed by atoms with E-state index in [4.69, 9.17) is 4.74 Å². The zero-order chi connectivity index (χ0) is 16.7. The minimum absolute atomic E-state index is 0.165. The Kier molecular flexibility index (Phi) is 5.86. The summed E-state index contributed by atoms with van der Waals surface area (Å²) in [5.41, 5.74) is 1.48. The first-order chi connectivity index (χ1) is 11.2. The molecule has 1 unspecified atom stereocenters. The molecule has 120 valence electrons. The van der Waals surface area contributed by atoms with Gasteiger partial charge in [0.15, 0.2) is 0 Å². The summed E-state index contributed by atoms with van der Waals surface area (Å²) in [6.45, 7) is 1.86. The van der Waals surface area contributed by atoms with Gasteiger partial charge in [0.05, 0.1) is 13.5 Å². The van der Waals surface area contributed by atoms with Crippen molar-refractivity contribution in [1.29, 1.82) is 0 Å². The van der Waals surface area contributed by atoms with Crippen LogP contribution in [-0.2, 0) is 20.7 Å². The Morgan fingerprint density at radius 3 is 2.48 bits per heavy atom. The minimum atomic E-state index is -0.647. The maximum absolute atomic E-state index is 12.8. The van der Waals surface area contributed by atoms with Crippen LogP contribution in [0.2, 0.25) is 0 Å². The van der Waals surface area contributed by atoms with Gasteiger partial charge >= 0.3 is 5.97 Å². The summed E-state index contributed by atoms with van der Waals surface area (Å²) >= 11 is 0. The highest BCUT2D eigenvalue weighted by Gasteiger charge is 2.30. The molecule has 5 nitrogen and oxygen atoms in total. The quantitative estimate of drug-likeness (QED) is 0.769. The number of carbonyl (C=O) groups excluding carboxylic acids is 2. The fraction of sp³-hybridized carbons (Fsp3) is 0.278. The lowest BCUT2D eigenvalue weighted by molar-refractivity contribution is -0.143. The molecule has 23 heavy (non-hydrogen) atoms. The molecule has 1 aromatic carbocycles. The first-order valence-corrected chi connectivity index (χ1v) is 7.51. The largest absolute Gasteiger partial charge is 0.467 e. The number of carbonyl (C=O) groups is 2. The third-order valence-electron chi connectivity index (χ3n) is 3.55. The highest BCUT2D eigenvalue weighted by molar-refractivity contribution is 6.00. The third-order valence-corrected chi connectivity index (χ3v) is 3.55. The number of pyridine rings is 1. The van der Waals surface area contributed by atoms with Gasteiger partial charge in [-0.15, -0.1) is 0 Å². The second-order valence-electron chi connectivity index (χ2n) is 5.08. The maximum Gasteiger partial charge on any atom is 0.328 e. The Morgan fingerprint density at radius 2 is 1.91 bits per heavy atom. The number of nitrogens with zero attached hydrogens (tertiary/aromatic N) is 2. The molecule has 1 atom stereocenters. The van der Waals surface area contributed by atoms with Crippen LogP contribution in [0.25, 0.3) is 0 Å². The Hall–Kier alpha value is -2.69. The van der Waals surface area contributed by atoms with Gasteiger partial charge in [-0.2, -0.15) is 0 Å². The highest BCUT2D eigenvalue weighted by Crippen LogP contribution is 2.21.